The Hall–Kier alpha value is -2.82. The number of ether oxygens (including phenoxy) is 2. The Morgan fingerprint density at radius 2 is 2.04 bits per heavy atom. The average Bonchev–Trinajstić information content (AvgIpc) is 3.38. The third-order valence-corrected chi connectivity index (χ3v) is 4.76. The van der Waals surface area contributed by atoms with Crippen LogP contribution >= 0.6 is 0 Å². The molecule has 1 unspecified atom stereocenters. The van der Waals surface area contributed by atoms with Gasteiger partial charge in [-0.05, 0) is 41.4 Å². The number of rotatable bonds is 6. The highest BCUT2D eigenvalue weighted by Gasteiger charge is 2.43. The quantitative estimate of drug-likeness (QED) is 0.594. The Morgan fingerprint density at radius 1 is 1.32 bits per heavy atom. The molecule has 1 N–H and O–H groups in total. The van der Waals surface area contributed by atoms with Crippen molar-refractivity contribution in [1.29, 1.82) is 0 Å². The largest absolute Gasteiger partial charge is 0.573 e. The molecule has 150 valence electrons. The van der Waals surface area contributed by atoms with Crippen molar-refractivity contribution < 1.29 is 27.6 Å². The van der Waals surface area contributed by atoms with Crippen LogP contribution in [0.25, 0.3) is 0 Å². The Labute approximate surface area is 157 Å². The van der Waals surface area contributed by atoms with Crippen molar-refractivity contribution in [2.24, 2.45) is 5.92 Å². The van der Waals surface area contributed by atoms with Gasteiger partial charge in [-0.25, -0.2) is 0 Å². The van der Waals surface area contributed by atoms with Gasteiger partial charge in [0.05, 0.1) is 6.04 Å². The van der Waals surface area contributed by atoms with E-state index in [2.05, 4.69) is 15.0 Å². The summed E-state index contributed by atoms with van der Waals surface area (Å²) < 4.78 is 48.1. The second kappa shape index (κ2) is 6.97. The number of nitrogens with one attached hydrogen (secondary N) is 1. The van der Waals surface area contributed by atoms with Crippen LogP contribution in [-0.2, 0) is 13.1 Å². The van der Waals surface area contributed by atoms with Crippen molar-refractivity contribution in [2.75, 3.05) is 0 Å². The van der Waals surface area contributed by atoms with Crippen LogP contribution in [0.4, 0.5) is 19.0 Å². The summed E-state index contributed by atoms with van der Waals surface area (Å²) >= 11 is 0. The standard InChI is InChI=1S/C17H17F3N4O4/c18-17(19,20)28-12-5-1-10(2-6-12)7-21-13-8-23-9-14(24(25)26)22-16(23)27-15(13)11-3-4-11/h1-2,5-6,9,11,13,15,21H,3-4,7-8H2/t13-,15?/m0/s1. The van der Waals surface area contributed by atoms with Crippen LogP contribution in [0.1, 0.15) is 18.4 Å². The minimum absolute atomic E-state index is 0.0973. The molecule has 28 heavy (non-hydrogen) atoms. The zero-order valence-electron chi connectivity index (χ0n) is 14.6. The van der Waals surface area contributed by atoms with Crippen molar-refractivity contribution in [2.45, 2.75) is 44.4 Å². The number of fused-ring (bicyclic) bond motifs is 1. The summed E-state index contributed by atoms with van der Waals surface area (Å²) in [5.41, 5.74) is 0.784. The molecule has 1 aromatic carbocycles. The number of hydrogen-bond acceptors (Lipinski definition) is 6. The summed E-state index contributed by atoms with van der Waals surface area (Å²) in [6.45, 7) is 0.877. The van der Waals surface area contributed by atoms with Gasteiger partial charge in [-0.2, -0.15) is 0 Å². The summed E-state index contributed by atoms with van der Waals surface area (Å²) in [6, 6.07) is 5.78. The third-order valence-electron chi connectivity index (χ3n) is 4.76. The molecule has 0 bridgehead atoms. The number of alkyl halides is 3. The molecular formula is C17H17F3N4O4. The molecule has 1 aliphatic carbocycles. The van der Waals surface area contributed by atoms with Crippen molar-refractivity contribution in [3.8, 4) is 11.8 Å². The lowest BCUT2D eigenvalue weighted by Gasteiger charge is -2.32. The summed E-state index contributed by atoms with van der Waals surface area (Å²) in [5, 5.41) is 14.3. The summed E-state index contributed by atoms with van der Waals surface area (Å²) in [6.07, 6.45) is -1.48. The molecule has 1 saturated carbocycles. The van der Waals surface area contributed by atoms with E-state index in [-0.39, 0.29) is 29.7 Å². The normalized spacial score (nSPS) is 21.7. The fraction of sp³-hybridized carbons (Fsp3) is 0.471. The molecule has 0 saturated heterocycles. The number of benzene rings is 1. The lowest BCUT2D eigenvalue weighted by molar-refractivity contribution is -0.389. The van der Waals surface area contributed by atoms with E-state index in [0.717, 1.165) is 18.4 Å². The van der Waals surface area contributed by atoms with E-state index in [4.69, 9.17) is 4.74 Å². The highest BCUT2D eigenvalue weighted by molar-refractivity contribution is 5.27. The maximum Gasteiger partial charge on any atom is 0.573 e. The maximum absolute atomic E-state index is 12.2. The topological polar surface area (TPSA) is 91.5 Å². The van der Waals surface area contributed by atoms with E-state index in [1.165, 1.54) is 18.3 Å². The van der Waals surface area contributed by atoms with E-state index in [0.29, 0.717) is 19.0 Å². The fourth-order valence-corrected chi connectivity index (χ4v) is 3.31. The molecular weight excluding hydrogens is 381 g/mol. The molecule has 2 atom stereocenters. The number of aromatic nitrogens is 2. The summed E-state index contributed by atoms with van der Waals surface area (Å²) in [7, 11) is 0. The SMILES string of the molecule is O=[N+]([O-])c1cn2c(n1)OC(C1CC1)[C@@H](NCc1ccc(OC(F)(F)F)cc1)C2. The zero-order chi connectivity index (χ0) is 19.9. The maximum atomic E-state index is 12.2. The van der Waals surface area contributed by atoms with Crippen LogP contribution in [0, 0.1) is 16.0 Å². The van der Waals surface area contributed by atoms with E-state index in [1.807, 2.05) is 0 Å². The average molecular weight is 398 g/mol. The van der Waals surface area contributed by atoms with Gasteiger partial charge < -0.3 is 24.9 Å². The van der Waals surface area contributed by atoms with Gasteiger partial charge in [0.15, 0.2) is 0 Å². The van der Waals surface area contributed by atoms with Crippen molar-refractivity contribution >= 4 is 5.82 Å². The van der Waals surface area contributed by atoms with Gasteiger partial charge in [0.1, 0.15) is 18.1 Å². The van der Waals surface area contributed by atoms with E-state index < -0.39 is 11.3 Å². The lowest BCUT2D eigenvalue weighted by atomic mass is 10.0. The van der Waals surface area contributed by atoms with Gasteiger partial charge in [-0.1, -0.05) is 12.1 Å². The van der Waals surface area contributed by atoms with Crippen LogP contribution < -0.4 is 14.8 Å². The first-order valence-electron chi connectivity index (χ1n) is 8.75. The molecule has 0 amide bonds. The molecule has 4 rings (SSSR count). The third kappa shape index (κ3) is 4.19. The number of nitrogens with zero attached hydrogens (tertiary/aromatic N) is 3. The zero-order valence-corrected chi connectivity index (χ0v) is 14.6. The van der Waals surface area contributed by atoms with Crippen LogP contribution in [0.2, 0.25) is 0 Å². The van der Waals surface area contributed by atoms with Crippen molar-refractivity contribution in [1.82, 2.24) is 14.9 Å². The minimum atomic E-state index is -4.72. The molecule has 0 spiro atoms. The second-order valence-electron chi connectivity index (χ2n) is 6.89. The first-order chi connectivity index (χ1) is 13.3. The molecule has 1 aromatic heterocycles. The van der Waals surface area contributed by atoms with Gasteiger partial charge >= 0.3 is 18.2 Å². The van der Waals surface area contributed by atoms with Crippen LogP contribution in [0.15, 0.2) is 30.5 Å². The van der Waals surface area contributed by atoms with Gasteiger partial charge in [0.25, 0.3) is 0 Å². The molecule has 0 radical (unpaired) electrons. The number of imidazole rings is 1. The Kier molecular flexibility index (Phi) is 4.61. The number of hydrogen-bond donors (Lipinski definition) is 1. The molecule has 8 nitrogen and oxygen atoms in total. The lowest BCUT2D eigenvalue weighted by Crippen LogP contribution is -2.49. The first-order valence-corrected chi connectivity index (χ1v) is 8.75. The second-order valence-corrected chi connectivity index (χ2v) is 6.89. The highest BCUT2D eigenvalue weighted by atomic mass is 19.4. The van der Waals surface area contributed by atoms with Crippen LogP contribution in [-0.4, -0.2) is 33.0 Å². The molecule has 11 heteroatoms. The minimum Gasteiger partial charge on any atom is -0.440 e. The molecule has 2 aliphatic rings. The van der Waals surface area contributed by atoms with Gasteiger partial charge in [0, 0.05) is 18.1 Å². The van der Waals surface area contributed by atoms with Crippen LogP contribution in [0.3, 0.4) is 0 Å². The smallest absolute Gasteiger partial charge is 0.440 e. The number of halogens is 3. The van der Waals surface area contributed by atoms with E-state index >= 15 is 0 Å². The molecule has 2 heterocycles. The Bertz CT molecular complexity index is 864. The van der Waals surface area contributed by atoms with Crippen molar-refractivity contribution in [3.05, 3.63) is 46.1 Å². The first kappa shape index (κ1) is 18.5. The van der Waals surface area contributed by atoms with Crippen LogP contribution in [0.5, 0.6) is 11.8 Å². The Balaban J connectivity index is 1.42. The van der Waals surface area contributed by atoms with Gasteiger partial charge in [-0.15, -0.1) is 13.2 Å². The summed E-state index contributed by atoms with van der Waals surface area (Å²) in [4.78, 5) is 14.3. The molecule has 1 fully saturated rings. The number of nitro groups is 1. The predicted octanol–water partition coefficient (Wildman–Crippen LogP) is 3.02. The van der Waals surface area contributed by atoms with E-state index in [9.17, 15) is 23.3 Å². The van der Waals surface area contributed by atoms with Gasteiger partial charge in [0.2, 0.25) is 0 Å². The molecule has 2 aromatic rings. The van der Waals surface area contributed by atoms with E-state index in [1.54, 1.807) is 16.7 Å². The van der Waals surface area contributed by atoms with Crippen molar-refractivity contribution in [3.63, 3.8) is 0 Å². The highest BCUT2D eigenvalue weighted by Crippen LogP contribution is 2.39. The van der Waals surface area contributed by atoms with Gasteiger partial charge in [-0.3, -0.25) is 4.57 Å². The fourth-order valence-electron chi connectivity index (χ4n) is 3.31. The monoisotopic (exact) mass is 398 g/mol. The molecule has 1 aliphatic heterocycles. The summed E-state index contributed by atoms with van der Waals surface area (Å²) in [5.74, 6) is -0.168. The predicted molar refractivity (Wildman–Crippen MR) is 89.8 cm³/mol. The Morgan fingerprint density at radius 3 is 2.64 bits per heavy atom.